The zero-order valence-corrected chi connectivity index (χ0v) is 14.4. The molecule has 1 atom stereocenters. The lowest BCUT2D eigenvalue weighted by Crippen LogP contribution is -2.42. The van der Waals surface area contributed by atoms with Crippen LogP contribution in [0.25, 0.3) is 0 Å². The number of benzene rings is 1. The Balaban J connectivity index is 1.95. The Morgan fingerprint density at radius 1 is 1.23 bits per heavy atom. The van der Waals surface area contributed by atoms with Crippen molar-refractivity contribution in [2.45, 2.75) is 44.8 Å². The summed E-state index contributed by atoms with van der Waals surface area (Å²) in [4.78, 5) is 2.92. The Labute approximate surface area is 135 Å². The summed E-state index contributed by atoms with van der Waals surface area (Å²) in [6.45, 7) is 7.92. The maximum absolute atomic E-state index is 12.3. The van der Waals surface area contributed by atoms with Crippen molar-refractivity contribution in [1.82, 2.24) is 10.1 Å². The molecular weight excluding hydrogens is 294 g/mol. The summed E-state index contributed by atoms with van der Waals surface area (Å²) in [5.74, 6) is 0. The first-order valence-corrected chi connectivity index (χ1v) is 9.12. The molecule has 0 bridgehead atoms. The number of hydrogen-bond acceptors (Lipinski definition) is 3. The molecule has 120 valence electrons. The molecule has 3 rings (SSSR count). The fourth-order valence-corrected chi connectivity index (χ4v) is 3.81. The van der Waals surface area contributed by atoms with Gasteiger partial charge in [-0.2, -0.15) is 5.10 Å². The van der Waals surface area contributed by atoms with Gasteiger partial charge in [0.2, 0.25) is 0 Å². The highest BCUT2D eigenvalue weighted by molar-refractivity contribution is 7.84. The first-order valence-electron chi connectivity index (χ1n) is 7.97. The summed E-state index contributed by atoms with van der Waals surface area (Å²) in [7, 11) is -1.18. The first kappa shape index (κ1) is 15.7. The molecule has 0 radical (unpaired) electrons. The van der Waals surface area contributed by atoms with Gasteiger partial charge in [-0.25, -0.2) is 9.04 Å². The van der Waals surface area contributed by atoms with Gasteiger partial charge in [-0.3, -0.25) is 0 Å². The van der Waals surface area contributed by atoms with Crippen molar-refractivity contribution in [2.75, 3.05) is 13.1 Å². The zero-order chi connectivity index (χ0) is 15.8. The molecular formula is C17H25N3OS. The normalized spacial score (nSPS) is 23.5. The second-order valence-corrected chi connectivity index (χ2v) is 9.24. The van der Waals surface area contributed by atoms with Crippen LogP contribution in [0.4, 0.5) is 0 Å². The van der Waals surface area contributed by atoms with Crippen LogP contribution in [0.15, 0.2) is 29.4 Å². The van der Waals surface area contributed by atoms with Crippen molar-refractivity contribution in [3.05, 3.63) is 35.4 Å². The summed E-state index contributed by atoms with van der Waals surface area (Å²) in [5, 5.41) is 8.08. The smallest absolute Gasteiger partial charge is 0.138 e. The van der Waals surface area contributed by atoms with E-state index < -0.39 is 11.0 Å². The molecule has 5 heteroatoms. The van der Waals surface area contributed by atoms with Gasteiger partial charge in [0.15, 0.2) is 0 Å². The Kier molecular flexibility index (Phi) is 4.12. The molecule has 1 aromatic carbocycles. The van der Waals surface area contributed by atoms with Gasteiger partial charge in [0.25, 0.3) is 0 Å². The molecule has 1 aliphatic heterocycles. The van der Waals surface area contributed by atoms with E-state index in [0.717, 1.165) is 38.1 Å². The van der Waals surface area contributed by atoms with Crippen LogP contribution in [0.3, 0.4) is 0 Å². The number of hydrogen-bond donors (Lipinski definition) is 2. The fraction of sp³-hybridized carbons (Fsp3) is 0.588. The van der Waals surface area contributed by atoms with Gasteiger partial charge in [0, 0.05) is 11.0 Å². The van der Waals surface area contributed by atoms with Crippen LogP contribution in [0.5, 0.6) is 0 Å². The highest BCUT2D eigenvalue weighted by atomic mass is 32.2. The lowest BCUT2D eigenvalue weighted by atomic mass is 9.75. The summed E-state index contributed by atoms with van der Waals surface area (Å²) in [5.41, 5.74) is 3.79. The second kappa shape index (κ2) is 5.78. The third-order valence-electron chi connectivity index (χ3n) is 4.66. The highest BCUT2D eigenvalue weighted by Crippen LogP contribution is 2.43. The van der Waals surface area contributed by atoms with E-state index in [1.165, 1.54) is 11.1 Å². The number of rotatable bonds is 2. The highest BCUT2D eigenvalue weighted by Gasteiger charge is 2.44. The number of fused-ring (bicyclic) bond motifs is 1. The molecule has 1 heterocycles. The van der Waals surface area contributed by atoms with Crippen LogP contribution in [0.2, 0.25) is 0 Å². The van der Waals surface area contributed by atoms with Crippen molar-refractivity contribution >= 4 is 16.7 Å². The largest absolute Gasteiger partial charge is 0.317 e. The minimum atomic E-state index is -1.18. The van der Waals surface area contributed by atoms with Crippen molar-refractivity contribution in [2.24, 2.45) is 10.5 Å². The van der Waals surface area contributed by atoms with Crippen LogP contribution >= 0.6 is 0 Å². The van der Waals surface area contributed by atoms with E-state index in [1.54, 1.807) is 0 Å². The summed E-state index contributed by atoms with van der Waals surface area (Å²) < 4.78 is 12.0. The Hall–Kier alpha value is -1.20. The van der Waals surface area contributed by atoms with Crippen molar-refractivity contribution in [3.63, 3.8) is 0 Å². The van der Waals surface area contributed by atoms with Gasteiger partial charge < -0.3 is 5.32 Å². The molecule has 1 spiro atoms. The SMILES string of the molecule is CC(C)(C)[S@@](=O)N/N=C1/c2ccccc2CC12CCNCC2. The molecule has 4 nitrogen and oxygen atoms in total. The van der Waals surface area contributed by atoms with E-state index in [1.807, 2.05) is 20.8 Å². The zero-order valence-electron chi connectivity index (χ0n) is 13.6. The minimum absolute atomic E-state index is 0.101. The molecule has 0 aromatic heterocycles. The maximum atomic E-state index is 12.3. The Morgan fingerprint density at radius 3 is 2.59 bits per heavy atom. The molecule has 1 aromatic rings. The lowest BCUT2D eigenvalue weighted by Gasteiger charge is -2.34. The topological polar surface area (TPSA) is 53.5 Å². The Morgan fingerprint density at radius 2 is 1.91 bits per heavy atom. The molecule has 0 amide bonds. The first-order chi connectivity index (χ1) is 10.4. The van der Waals surface area contributed by atoms with Crippen LogP contribution in [-0.2, 0) is 17.4 Å². The van der Waals surface area contributed by atoms with E-state index >= 15 is 0 Å². The quantitative estimate of drug-likeness (QED) is 0.822. The second-order valence-electron chi connectivity index (χ2n) is 7.30. The molecule has 2 aliphatic rings. The van der Waals surface area contributed by atoms with Crippen LogP contribution in [-0.4, -0.2) is 27.8 Å². The molecule has 0 saturated carbocycles. The number of nitrogens with zero attached hydrogens (tertiary/aromatic N) is 1. The molecule has 22 heavy (non-hydrogen) atoms. The lowest BCUT2D eigenvalue weighted by molar-refractivity contribution is 0.305. The summed E-state index contributed by atoms with van der Waals surface area (Å²) in [6.07, 6.45) is 3.22. The molecule has 1 aliphatic carbocycles. The minimum Gasteiger partial charge on any atom is -0.317 e. The maximum Gasteiger partial charge on any atom is 0.138 e. The average molecular weight is 319 g/mol. The standard InChI is InChI=1S/C17H25N3OS/c1-16(2,3)22(21)20-19-15-14-7-5-4-6-13(14)12-17(15)8-10-18-11-9-17/h4-7,18,20H,8-12H2,1-3H3/b19-15-/t22-/m1/s1. The summed E-state index contributed by atoms with van der Waals surface area (Å²) >= 11 is 0. The van der Waals surface area contributed by atoms with Crippen LogP contribution in [0, 0.1) is 5.41 Å². The average Bonchev–Trinajstić information content (AvgIpc) is 2.77. The number of hydrazone groups is 1. The predicted molar refractivity (Wildman–Crippen MR) is 92.3 cm³/mol. The van der Waals surface area contributed by atoms with Crippen molar-refractivity contribution in [1.29, 1.82) is 0 Å². The van der Waals surface area contributed by atoms with Gasteiger partial charge in [-0.05, 0) is 58.7 Å². The number of piperidine rings is 1. The number of nitrogens with one attached hydrogen (secondary N) is 2. The molecule has 2 N–H and O–H groups in total. The molecule has 1 fully saturated rings. The van der Waals surface area contributed by atoms with Crippen molar-refractivity contribution in [3.8, 4) is 0 Å². The van der Waals surface area contributed by atoms with Crippen LogP contribution < -0.4 is 10.1 Å². The van der Waals surface area contributed by atoms with Gasteiger partial charge in [-0.15, -0.1) is 0 Å². The van der Waals surface area contributed by atoms with E-state index in [2.05, 4.69) is 39.5 Å². The van der Waals surface area contributed by atoms with E-state index in [-0.39, 0.29) is 10.2 Å². The van der Waals surface area contributed by atoms with Gasteiger partial charge in [-0.1, -0.05) is 24.3 Å². The Bertz CT molecular complexity index is 613. The monoisotopic (exact) mass is 319 g/mol. The van der Waals surface area contributed by atoms with Gasteiger partial charge >= 0.3 is 0 Å². The fourth-order valence-electron chi connectivity index (χ4n) is 3.36. The van der Waals surface area contributed by atoms with Crippen molar-refractivity contribution < 1.29 is 4.21 Å². The predicted octanol–water partition coefficient (Wildman–Crippen LogP) is 2.37. The van der Waals surface area contributed by atoms with E-state index in [9.17, 15) is 4.21 Å². The van der Waals surface area contributed by atoms with E-state index in [4.69, 9.17) is 0 Å². The van der Waals surface area contributed by atoms with Gasteiger partial charge in [0.05, 0.1) is 10.5 Å². The third-order valence-corrected chi connectivity index (χ3v) is 6.03. The third kappa shape index (κ3) is 2.84. The van der Waals surface area contributed by atoms with Gasteiger partial charge in [0.1, 0.15) is 11.0 Å². The van der Waals surface area contributed by atoms with E-state index in [0.29, 0.717) is 0 Å². The summed E-state index contributed by atoms with van der Waals surface area (Å²) in [6, 6.07) is 8.50. The molecule has 1 saturated heterocycles. The molecule has 0 unspecified atom stereocenters. The van der Waals surface area contributed by atoms with Crippen LogP contribution in [0.1, 0.15) is 44.7 Å².